The molecule has 1 aliphatic rings. The Morgan fingerprint density at radius 3 is 2.28 bits per heavy atom. The summed E-state index contributed by atoms with van der Waals surface area (Å²) in [5, 5.41) is 13.6. The molecule has 2 N–H and O–H groups in total. The van der Waals surface area contributed by atoms with Crippen molar-refractivity contribution < 1.29 is 13.5 Å². The van der Waals surface area contributed by atoms with Gasteiger partial charge < -0.3 is 10.4 Å². The number of hydrogen-bond donors (Lipinski definition) is 2. The molecule has 0 bridgehead atoms. The molecule has 1 saturated carbocycles. The van der Waals surface area contributed by atoms with Gasteiger partial charge in [-0.2, -0.15) is 0 Å². The van der Waals surface area contributed by atoms with Crippen LogP contribution < -0.4 is 5.32 Å². The van der Waals surface area contributed by atoms with Gasteiger partial charge in [0.25, 0.3) is 0 Å². The van der Waals surface area contributed by atoms with Crippen molar-refractivity contribution in [3.8, 4) is 0 Å². The number of nitrogens with one attached hydrogen (secondary N) is 1. The van der Waals surface area contributed by atoms with Crippen LogP contribution in [0, 0.1) is 0 Å². The molecular formula is C13H27NO3S. The molecule has 5 heteroatoms. The molecule has 0 aromatic rings. The maximum atomic E-state index is 11.5. The van der Waals surface area contributed by atoms with Crippen molar-refractivity contribution in [1.82, 2.24) is 5.32 Å². The van der Waals surface area contributed by atoms with E-state index in [1.54, 1.807) is 6.92 Å². The van der Waals surface area contributed by atoms with Crippen molar-refractivity contribution >= 4 is 9.84 Å². The molecular weight excluding hydrogens is 250 g/mol. The van der Waals surface area contributed by atoms with Gasteiger partial charge in [0.15, 0.2) is 9.84 Å². The minimum absolute atomic E-state index is 0.0952. The first-order valence-electron chi connectivity index (χ1n) is 7.03. The van der Waals surface area contributed by atoms with E-state index in [0.29, 0.717) is 6.54 Å². The first-order chi connectivity index (χ1) is 8.37. The molecule has 18 heavy (non-hydrogen) atoms. The second kappa shape index (κ2) is 6.87. The lowest BCUT2D eigenvalue weighted by Crippen LogP contribution is -2.45. The molecule has 0 saturated heterocycles. The van der Waals surface area contributed by atoms with Crippen LogP contribution in [-0.2, 0) is 9.84 Å². The van der Waals surface area contributed by atoms with Crippen molar-refractivity contribution in [2.75, 3.05) is 18.1 Å². The first kappa shape index (κ1) is 15.9. The van der Waals surface area contributed by atoms with Crippen LogP contribution in [0.1, 0.15) is 52.4 Å². The standard InChI is InChI=1S/C13H27NO3S/c1-3-18(16,17)10-12(2)14-11-13(15)8-6-4-5-7-9-13/h12,14-15H,3-11H2,1-2H3. The van der Waals surface area contributed by atoms with E-state index in [4.69, 9.17) is 0 Å². The lowest BCUT2D eigenvalue weighted by molar-refractivity contribution is 0.0237. The molecule has 0 heterocycles. The van der Waals surface area contributed by atoms with Gasteiger partial charge in [-0.05, 0) is 19.8 Å². The Balaban J connectivity index is 2.39. The van der Waals surface area contributed by atoms with E-state index in [0.717, 1.165) is 25.7 Å². The zero-order valence-corrected chi connectivity index (χ0v) is 12.4. The van der Waals surface area contributed by atoms with Crippen LogP contribution in [0.2, 0.25) is 0 Å². The Hall–Kier alpha value is -0.130. The molecule has 0 aromatic carbocycles. The molecule has 0 amide bonds. The monoisotopic (exact) mass is 277 g/mol. The summed E-state index contributed by atoms with van der Waals surface area (Å²) < 4.78 is 23.0. The van der Waals surface area contributed by atoms with Crippen LogP contribution in [0.5, 0.6) is 0 Å². The normalized spacial score (nSPS) is 22.4. The topological polar surface area (TPSA) is 66.4 Å². The highest BCUT2D eigenvalue weighted by molar-refractivity contribution is 7.91. The molecule has 0 aliphatic heterocycles. The van der Waals surface area contributed by atoms with E-state index in [2.05, 4.69) is 5.32 Å². The summed E-state index contributed by atoms with van der Waals surface area (Å²) >= 11 is 0. The lowest BCUT2D eigenvalue weighted by Gasteiger charge is -2.28. The summed E-state index contributed by atoms with van der Waals surface area (Å²) in [5.74, 6) is 0.336. The maximum absolute atomic E-state index is 11.5. The van der Waals surface area contributed by atoms with Gasteiger partial charge in [0.05, 0.1) is 11.4 Å². The molecule has 1 fully saturated rings. The molecule has 1 atom stereocenters. The fraction of sp³-hybridized carbons (Fsp3) is 1.00. The molecule has 108 valence electrons. The number of hydrogen-bond acceptors (Lipinski definition) is 4. The Kier molecular flexibility index (Phi) is 6.08. The van der Waals surface area contributed by atoms with E-state index in [1.807, 2.05) is 6.92 Å². The fourth-order valence-electron chi connectivity index (χ4n) is 2.49. The van der Waals surface area contributed by atoms with E-state index in [9.17, 15) is 13.5 Å². The van der Waals surface area contributed by atoms with Gasteiger partial charge in [0.2, 0.25) is 0 Å². The van der Waals surface area contributed by atoms with Gasteiger partial charge in [-0.25, -0.2) is 8.42 Å². The molecule has 1 rings (SSSR count). The van der Waals surface area contributed by atoms with Crippen molar-refractivity contribution in [3.05, 3.63) is 0 Å². The number of rotatable bonds is 6. The zero-order chi connectivity index (χ0) is 13.6. The van der Waals surface area contributed by atoms with Gasteiger partial charge in [-0.15, -0.1) is 0 Å². The van der Waals surface area contributed by atoms with Crippen LogP contribution in [-0.4, -0.2) is 43.2 Å². The average molecular weight is 277 g/mol. The Morgan fingerprint density at radius 2 is 1.78 bits per heavy atom. The Labute approximate surface area is 111 Å². The van der Waals surface area contributed by atoms with Crippen LogP contribution in [0.4, 0.5) is 0 Å². The van der Waals surface area contributed by atoms with E-state index >= 15 is 0 Å². The van der Waals surface area contributed by atoms with Crippen LogP contribution >= 0.6 is 0 Å². The van der Waals surface area contributed by atoms with Gasteiger partial charge in [-0.3, -0.25) is 0 Å². The predicted octanol–water partition coefficient (Wildman–Crippen LogP) is 1.48. The molecule has 0 spiro atoms. The van der Waals surface area contributed by atoms with E-state index in [1.165, 1.54) is 12.8 Å². The average Bonchev–Trinajstić information content (AvgIpc) is 2.52. The second-order valence-electron chi connectivity index (χ2n) is 5.62. The minimum Gasteiger partial charge on any atom is -0.389 e. The molecule has 1 aliphatic carbocycles. The third-order valence-corrected chi connectivity index (χ3v) is 5.65. The smallest absolute Gasteiger partial charge is 0.151 e. The SMILES string of the molecule is CCS(=O)(=O)CC(C)NCC1(O)CCCCCC1. The van der Waals surface area contributed by atoms with Crippen molar-refractivity contribution in [3.63, 3.8) is 0 Å². The van der Waals surface area contributed by atoms with Gasteiger partial charge in [0, 0.05) is 18.3 Å². The van der Waals surface area contributed by atoms with Crippen molar-refractivity contribution in [2.45, 2.75) is 64.0 Å². The van der Waals surface area contributed by atoms with Gasteiger partial charge in [-0.1, -0.05) is 32.6 Å². The Morgan fingerprint density at radius 1 is 1.22 bits per heavy atom. The lowest BCUT2D eigenvalue weighted by atomic mass is 9.94. The van der Waals surface area contributed by atoms with Gasteiger partial charge in [0.1, 0.15) is 0 Å². The highest BCUT2D eigenvalue weighted by atomic mass is 32.2. The van der Waals surface area contributed by atoms with Crippen LogP contribution in [0.3, 0.4) is 0 Å². The third-order valence-electron chi connectivity index (χ3n) is 3.76. The predicted molar refractivity (Wildman–Crippen MR) is 74.4 cm³/mol. The maximum Gasteiger partial charge on any atom is 0.151 e. The molecule has 0 aromatic heterocycles. The minimum atomic E-state index is -2.94. The van der Waals surface area contributed by atoms with E-state index in [-0.39, 0.29) is 17.5 Å². The van der Waals surface area contributed by atoms with Crippen LogP contribution in [0.15, 0.2) is 0 Å². The van der Waals surface area contributed by atoms with Crippen LogP contribution in [0.25, 0.3) is 0 Å². The number of sulfone groups is 1. The summed E-state index contributed by atoms with van der Waals surface area (Å²) in [6.45, 7) is 4.04. The third kappa shape index (κ3) is 5.67. The largest absolute Gasteiger partial charge is 0.389 e. The summed E-state index contributed by atoms with van der Waals surface area (Å²) in [6.07, 6.45) is 6.18. The fourth-order valence-corrected chi connectivity index (χ4v) is 3.60. The summed E-state index contributed by atoms with van der Waals surface area (Å²) in [6, 6.07) is -0.0952. The van der Waals surface area contributed by atoms with E-state index < -0.39 is 15.4 Å². The zero-order valence-electron chi connectivity index (χ0n) is 11.6. The van der Waals surface area contributed by atoms with Gasteiger partial charge >= 0.3 is 0 Å². The second-order valence-corrected chi connectivity index (χ2v) is 8.02. The van der Waals surface area contributed by atoms with Crippen molar-refractivity contribution in [1.29, 1.82) is 0 Å². The molecule has 1 unspecified atom stereocenters. The summed E-state index contributed by atoms with van der Waals surface area (Å²) in [4.78, 5) is 0. The Bertz CT molecular complexity index is 332. The quantitative estimate of drug-likeness (QED) is 0.722. The number of aliphatic hydroxyl groups is 1. The highest BCUT2D eigenvalue weighted by Gasteiger charge is 2.28. The molecule has 4 nitrogen and oxygen atoms in total. The summed E-state index contributed by atoms with van der Waals surface area (Å²) in [7, 11) is -2.94. The van der Waals surface area contributed by atoms with Crippen molar-refractivity contribution in [2.24, 2.45) is 0 Å². The highest BCUT2D eigenvalue weighted by Crippen LogP contribution is 2.26. The first-order valence-corrected chi connectivity index (χ1v) is 8.85. The molecule has 0 radical (unpaired) electrons. The summed E-state index contributed by atoms with van der Waals surface area (Å²) in [5.41, 5.74) is -0.638.